The van der Waals surface area contributed by atoms with Crippen LogP contribution in [0.1, 0.15) is 388 Å². The van der Waals surface area contributed by atoms with Crippen molar-refractivity contribution in [3.8, 4) is 0 Å². The maximum absolute atomic E-state index is 13.1. The monoisotopic (exact) mass is 1380 g/mol. The van der Waals surface area contributed by atoms with Gasteiger partial charge in [-0.15, -0.1) is 0 Å². The summed E-state index contributed by atoms with van der Waals surface area (Å²) in [5.41, 5.74) is 0. The molecule has 94 heavy (non-hydrogen) atoms. The van der Waals surface area contributed by atoms with Crippen molar-refractivity contribution < 1.29 is 80.2 Å². The fourth-order valence-corrected chi connectivity index (χ4v) is 13.1. The molecule has 0 heterocycles. The van der Waals surface area contributed by atoms with Gasteiger partial charge >= 0.3 is 39.5 Å². The quantitative estimate of drug-likeness (QED) is 0.0222. The van der Waals surface area contributed by atoms with Crippen LogP contribution in [0.25, 0.3) is 0 Å². The Labute approximate surface area is 575 Å². The number of hydrogen-bond acceptors (Lipinski definition) is 15. The minimum atomic E-state index is -4.96. The standard InChI is InChI=1S/C75H146O17P2/c1-7-9-11-13-15-17-19-21-23-24-26-28-34-41-47-53-59-74(79)91-70(63-85-72(77)57-51-45-39-33-27-25-22-20-18-16-14-12-10-8-2)65-89-93(81,82)87-61-69(76)62-88-94(83,84)90-66-71(92-75(80)60-54-48-42-36-30-32-38-44-50-56-68(5)6)64-86-73(78)58-52-46-40-35-29-31-37-43-49-55-67(3)4/h67-71,76H,7-66H2,1-6H3,(H,81,82)(H,83,84)/t69-,70-,71-/m1/s1. The predicted molar refractivity (Wildman–Crippen MR) is 381 cm³/mol. The van der Waals surface area contributed by atoms with Crippen molar-refractivity contribution >= 4 is 39.5 Å². The summed E-state index contributed by atoms with van der Waals surface area (Å²) in [5, 5.41) is 10.6. The van der Waals surface area contributed by atoms with E-state index in [1.807, 2.05) is 0 Å². The van der Waals surface area contributed by atoms with Crippen molar-refractivity contribution in [1.29, 1.82) is 0 Å². The first-order chi connectivity index (χ1) is 45.4. The number of aliphatic hydroxyl groups is 1. The van der Waals surface area contributed by atoms with Gasteiger partial charge in [0.2, 0.25) is 0 Å². The van der Waals surface area contributed by atoms with E-state index in [-0.39, 0.29) is 25.7 Å². The second-order valence-electron chi connectivity index (χ2n) is 28.0. The van der Waals surface area contributed by atoms with Crippen LogP contribution >= 0.6 is 15.6 Å². The van der Waals surface area contributed by atoms with Crippen LogP contribution in [0.4, 0.5) is 0 Å². The van der Waals surface area contributed by atoms with E-state index >= 15 is 0 Å². The zero-order chi connectivity index (χ0) is 69.3. The summed E-state index contributed by atoms with van der Waals surface area (Å²) in [6.07, 6.45) is 54.0. The Hall–Kier alpha value is -1.94. The number of esters is 4. The van der Waals surface area contributed by atoms with Gasteiger partial charge in [-0.05, 0) is 37.5 Å². The molecule has 5 atom stereocenters. The number of rotatable bonds is 74. The number of carbonyl (C=O) groups is 4. The molecule has 17 nitrogen and oxygen atoms in total. The second-order valence-corrected chi connectivity index (χ2v) is 30.9. The van der Waals surface area contributed by atoms with Crippen LogP contribution in [0.5, 0.6) is 0 Å². The van der Waals surface area contributed by atoms with E-state index in [2.05, 4.69) is 41.5 Å². The lowest BCUT2D eigenvalue weighted by Crippen LogP contribution is -2.30. The average Bonchev–Trinajstić information content (AvgIpc) is 1.77. The molecule has 0 bridgehead atoms. The molecule has 0 fully saturated rings. The molecule has 0 aliphatic rings. The maximum Gasteiger partial charge on any atom is 0.472 e. The van der Waals surface area contributed by atoms with E-state index in [0.29, 0.717) is 25.7 Å². The fraction of sp³-hybridized carbons (Fsp3) is 0.947. The van der Waals surface area contributed by atoms with E-state index in [0.717, 1.165) is 102 Å². The summed E-state index contributed by atoms with van der Waals surface area (Å²) >= 11 is 0. The molecule has 19 heteroatoms. The summed E-state index contributed by atoms with van der Waals surface area (Å²) in [7, 11) is -9.91. The van der Waals surface area contributed by atoms with Gasteiger partial charge in [-0.3, -0.25) is 37.3 Å². The van der Waals surface area contributed by atoms with Gasteiger partial charge in [0.25, 0.3) is 0 Å². The summed E-state index contributed by atoms with van der Waals surface area (Å²) in [6.45, 7) is 9.55. The molecule has 0 saturated heterocycles. The molecule has 0 aromatic carbocycles. The van der Waals surface area contributed by atoms with E-state index in [4.69, 9.17) is 37.0 Å². The number of unbranched alkanes of at least 4 members (excludes halogenated alkanes) is 44. The molecule has 2 unspecified atom stereocenters. The summed E-state index contributed by atoms with van der Waals surface area (Å²) in [5.74, 6) is -0.635. The molecule has 0 saturated carbocycles. The van der Waals surface area contributed by atoms with Gasteiger partial charge in [0.15, 0.2) is 12.2 Å². The Morgan fingerprint density at radius 2 is 0.489 bits per heavy atom. The largest absolute Gasteiger partial charge is 0.472 e. The van der Waals surface area contributed by atoms with Crippen molar-refractivity contribution in [2.24, 2.45) is 11.8 Å². The number of aliphatic hydroxyl groups excluding tert-OH is 1. The topological polar surface area (TPSA) is 237 Å². The van der Waals surface area contributed by atoms with E-state index < -0.39 is 97.5 Å². The molecule has 0 aromatic heterocycles. The van der Waals surface area contributed by atoms with Crippen molar-refractivity contribution in [3.63, 3.8) is 0 Å². The van der Waals surface area contributed by atoms with Gasteiger partial charge in [-0.1, -0.05) is 337 Å². The summed E-state index contributed by atoms with van der Waals surface area (Å²) in [6, 6.07) is 0. The number of hydrogen-bond donors (Lipinski definition) is 3. The van der Waals surface area contributed by atoms with Crippen LogP contribution in [0.15, 0.2) is 0 Å². The van der Waals surface area contributed by atoms with Crippen LogP contribution in [0, 0.1) is 11.8 Å². The number of phosphoric ester groups is 2. The molecule has 0 spiro atoms. The van der Waals surface area contributed by atoms with Crippen molar-refractivity contribution in [2.45, 2.75) is 407 Å². The van der Waals surface area contributed by atoms with Crippen molar-refractivity contribution in [1.82, 2.24) is 0 Å². The molecule has 3 N–H and O–H groups in total. The predicted octanol–water partition coefficient (Wildman–Crippen LogP) is 21.9. The van der Waals surface area contributed by atoms with Crippen LogP contribution in [-0.2, 0) is 65.4 Å². The first-order valence-corrected chi connectivity index (χ1v) is 42.0. The third kappa shape index (κ3) is 68.6. The zero-order valence-electron chi connectivity index (χ0n) is 61.3. The van der Waals surface area contributed by atoms with E-state index in [1.165, 1.54) is 205 Å². The average molecular weight is 1380 g/mol. The minimum Gasteiger partial charge on any atom is -0.462 e. The van der Waals surface area contributed by atoms with Crippen molar-refractivity contribution in [2.75, 3.05) is 39.6 Å². The van der Waals surface area contributed by atoms with Crippen molar-refractivity contribution in [3.05, 3.63) is 0 Å². The fourth-order valence-electron chi connectivity index (χ4n) is 11.5. The van der Waals surface area contributed by atoms with Gasteiger partial charge in [-0.2, -0.15) is 0 Å². The molecule has 0 aliphatic carbocycles. The Morgan fingerprint density at radius 3 is 0.723 bits per heavy atom. The molecule has 0 aliphatic heterocycles. The summed E-state index contributed by atoms with van der Waals surface area (Å²) in [4.78, 5) is 72.8. The lowest BCUT2D eigenvalue weighted by Gasteiger charge is -2.21. The third-order valence-corrected chi connectivity index (χ3v) is 19.4. The van der Waals surface area contributed by atoms with E-state index in [9.17, 15) is 43.2 Å². The Morgan fingerprint density at radius 1 is 0.287 bits per heavy atom. The highest BCUT2D eigenvalue weighted by molar-refractivity contribution is 7.47. The normalized spacial score (nSPS) is 14.0. The molecule has 0 rings (SSSR count). The molecular formula is C75H146O17P2. The molecular weight excluding hydrogens is 1230 g/mol. The van der Waals surface area contributed by atoms with Gasteiger partial charge < -0.3 is 33.8 Å². The first kappa shape index (κ1) is 92.1. The lowest BCUT2D eigenvalue weighted by atomic mass is 10.0. The number of phosphoric acid groups is 2. The zero-order valence-corrected chi connectivity index (χ0v) is 63.1. The Balaban J connectivity index is 5.26. The van der Waals surface area contributed by atoms with E-state index in [1.54, 1.807) is 0 Å². The maximum atomic E-state index is 13.1. The highest BCUT2D eigenvalue weighted by atomic mass is 31.2. The van der Waals surface area contributed by atoms with Crippen LogP contribution in [-0.4, -0.2) is 96.7 Å². The van der Waals surface area contributed by atoms with Crippen LogP contribution in [0.3, 0.4) is 0 Å². The SMILES string of the molecule is CCCCCCCCCCCCCCCCCCC(=O)O[C@H](COC(=O)CCCCCCCCCCCCCCCC)COP(=O)(O)OC[C@@H](O)COP(=O)(O)OC[C@@H](COC(=O)CCCCCCCCCCCC(C)C)OC(=O)CCCCCCCCCCCC(C)C. The Bertz CT molecular complexity index is 1820. The molecule has 0 amide bonds. The highest BCUT2D eigenvalue weighted by Gasteiger charge is 2.30. The van der Waals surface area contributed by atoms with Crippen LogP contribution < -0.4 is 0 Å². The molecule has 0 radical (unpaired) electrons. The molecule has 558 valence electrons. The van der Waals surface area contributed by atoms with Gasteiger partial charge in [0.05, 0.1) is 26.4 Å². The summed E-state index contributed by atoms with van der Waals surface area (Å²) < 4.78 is 68.5. The second kappa shape index (κ2) is 66.9. The van der Waals surface area contributed by atoms with Gasteiger partial charge in [-0.25, -0.2) is 9.13 Å². The van der Waals surface area contributed by atoms with Gasteiger partial charge in [0.1, 0.15) is 19.3 Å². The third-order valence-electron chi connectivity index (χ3n) is 17.5. The Kier molecular flexibility index (Phi) is 65.5. The highest BCUT2D eigenvalue weighted by Crippen LogP contribution is 2.45. The van der Waals surface area contributed by atoms with Crippen LogP contribution in [0.2, 0.25) is 0 Å². The molecule has 0 aromatic rings. The first-order valence-electron chi connectivity index (χ1n) is 39.0. The number of carbonyl (C=O) groups excluding carboxylic acids is 4. The lowest BCUT2D eigenvalue weighted by molar-refractivity contribution is -0.161. The smallest absolute Gasteiger partial charge is 0.462 e. The number of ether oxygens (including phenoxy) is 4. The van der Waals surface area contributed by atoms with Gasteiger partial charge in [0, 0.05) is 25.7 Å². The minimum absolute atomic E-state index is 0.105.